The lowest BCUT2D eigenvalue weighted by Gasteiger charge is -2.20. The number of benzene rings is 1. The largest absolute Gasteiger partial charge is 0.486 e. The number of carbonyl (C=O) groups excluding carboxylic acids is 2. The molecule has 0 atom stereocenters. The third-order valence-corrected chi connectivity index (χ3v) is 3.30. The quantitative estimate of drug-likeness (QED) is 0.786. The number of hydrogen-bond acceptors (Lipinski definition) is 6. The van der Waals surface area contributed by atoms with E-state index in [1.54, 1.807) is 30.3 Å². The normalized spacial score (nSPS) is 12.7. The van der Waals surface area contributed by atoms with E-state index in [2.05, 4.69) is 10.2 Å². The first-order valence-corrected chi connectivity index (χ1v) is 6.98. The summed E-state index contributed by atoms with van der Waals surface area (Å²) in [5.74, 6) is 0.672. The third kappa shape index (κ3) is 2.95. The van der Waals surface area contributed by atoms with E-state index in [1.165, 1.54) is 6.20 Å². The van der Waals surface area contributed by atoms with Crippen LogP contribution < -0.4 is 9.47 Å². The maximum atomic E-state index is 12.3. The van der Waals surface area contributed by atoms with Gasteiger partial charge in [-0.05, 0) is 24.3 Å². The minimum atomic E-state index is -0.205. The number of nitrogens with zero attached hydrogens (tertiary/aromatic N) is 2. The average Bonchev–Trinajstić information content (AvgIpc) is 2.59. The van der Waals surface area contributed by atoms with Crippen LogP contribution in [0.25, 0.3) is 0 Å². The molecule has 3 rings (SSSR count). The Labute approximate surface area is 127 Å². The van der Waals surface area contributed by atoms with Crippen molar-refractivity contribution in [3.8, 4) is 11.5 Å². The van der Waals surface area contributed by atoms with E-state index in [9.17, 15) is 9.59 Å². The van der Waals surface area contributed by atoms with Gasteiger partial charge in [-0.3, -0.25) is 9.59 Å². The van der Waals surface area contributed by atoms with Crippen LogP contribution in [0.5, 0.6) is 11.5 Å². The van der Waals surface area contributed by atoms with Crippen molar-refractivity contribution >= 4 is 11.6 Å². The number of ether oxygens (including phenoxy) is 2. The number of carbonyl (C=O) groups is 2. The molecule has 1 aliphatic rings. The van der Waals surface area contributed by atoms with Crippen LogP contribution in [-0.4, -0.2) is 35.0 Å². The van der Waals surface area contributed by atoms with Gasteiger partial charge in [0.25, 0.3) is 0 Å². The topological polar surface area (TPSA) is 78.4 Å². The molecule has 22 heavy (non-hydrogen) atoms. The van der Waals surface area contributed by atoms with Crippen molar-refractivity contribution in [2.24, 2.45) is 0 Å². The van der Waals surface area contributed by atoms with Crippen molar-refractivity contribution < 1.29 is 19.1 Å². The van der Waals surface area contributed by atoms with Gasteiger partial charge >= 0.3 is 0 Å². The predicted molar refractivity (Wildman–Crippen MR) is 77.4 cm³/mol. The smallest absolute Gasteiger partial charge is 0.183 e. The molecular weight excluding hydrogens is 284 g/mol. The summed E-state index contributed by atoms with van der Waals surface area (Å²) in [6.45, 7) is 0.881. The van der Waals surface area contributed by atoms with Gasteiger partial charge in [0.15, 0.2) is 23.1 Å². The molecule has 0 saturated heterocycles. The van der Waals surface area contributed by atoms with Crippen molar-refractivity contribution in [1.29, 1.82) is 0 Å². The van der Waals surface area contributed by atoms with Gasteiger partial charge in [0.2, 0.25) is 0 Å². The van der Waals surface area contributed by atoms with Gasteiger partial charge in [-0.25, -0.2) is 0 Å². The number of Topliss-reactive ketones (excluding diaryl/α,β-unsaturated/α-hetero) is 2. The molecule has 1 aromatic carbocycles. The fourth-order valence-electron chi connectivity index (χ4n) is 2.23. The summed E-state index contributed by atoms with van der Waals surface area (Å²) in [6.07, 6.45) is 1.67. The summed E-state index contributed by atoms with van der Waals surface area (Å²) < 4.78 is 11.0. The van der Waals surface area contributed by atoms with E-state index in [0.29, 0.717) is 30.3 Å². The van der Waals surface area contributed by atoms with Crippen molar-refractivity contribution in [3.63, 3.8) is 0 Å². The molecule has 0 spiro atoms. The maximum absolute atomic E-state index is 12.3. The van der Waals surface area contributed by atoms with Gasteiger partial charge in [0.1, 0.15) is 18.9 Å². The van der Waals surface area contributed by atoms with E-state index in [-0.39, 0.29) is 30.1 Å². The highest BCUT2D eigenvalue weighted by Crippen LogP contribution is 2.34. The maximum Gasteiger partial charge on any atom is 0.183 e. The second kappa shape index (κ2) is 6.34. The number of hydrogen-bond donors (Lipinski definition) is 0. The molecule has 0 N–H and O–H groups in total. The number of para-hydroxylation sites is 1. The zero-order valence-electron chi connectivity index (χ0n) is 11.8. The van der Waals surface area contributed by atoms with Crippen molar-refractivity contribution in [3.05, 3.63) is 47.8 Å². The van der Waals surface area contributed by atoms with E-state index in [1.807, 2.05) is 0 Å². The molecule has 2 aromatic rings. The zero-order chi connectivity index (χ0) is 15.4. The lowest BCUT2D eigenvalue weighted by molar-refractivity contribution is 0.0909. The predicted octanol–water partition coefficient (Wildman–Crippen LogP) is 2.09. The van der Waals surface area contributed by atoms with Gasteiger partial charge in [0, 0.05) is 19.0 Å². The molecule has 1 aromatic heterocycles. The molecule has 112 valence electrons. The summed E-state index contributed by atoms with van der Waals surface area (Å²) in [5.41, 5.74) is 0.717. The summed E-state index contributed by atoms with van der Waals surface area (Å²) in [7, 11) is 0. The van der Waals surface area contributed by atoms with Crippen LogP contribution in [0.3, 0.4) is 0 Å². The molecule has 0 amide bonds. The molecule has 0 radical (unpaired) electrons. The second-order valence-electron chi connectivity index (χ2n) is 4.79. The summed E-state index contributed by atoms with van der Waals surface area (Å²) in [5, 5.41) is 7.40. The minimum Gasteiger partial charge on any atom is -0.486 e. The Hall–Kier alpha value is -2.76. The molecule has 6 heteroatoms. The molecular formula is C16H14N2O4. The van der Waals surface area contributed by atoms with Crippen LogP contribution in [0.1, 0.15) is 33.7 Å². The van der Waals surface area contributed by atoms with Crippen LogP contribution in [0.4, 0.5) is 0 Å². The second-order valence-corrected chi connectivity index (χ2v) is 4.79. The monoisotopic (exact) mass is 298 g/mol. The highest BCUT2D eigenvalue weighted by Gasteiger charge is 2.21. The van der Waals surface area contributed by atoms with Gasteiger partial charge < -0.3 is 9.47 Å². The standard InChI is InChI=1S/C16H14N2O4/c19-13(6-7-14(20)12-4-2-8-17-18-12)11-3-1-5-15-16(11)22-10-9-21-15/h1-5,8H,6-7,9-10H2. The summed E-state index contributed by atoms with van der Waals surface area (Å²) in [4.78, 5) is 24.3. The molecule has 6 nitrogen and oxygen atoms in total. The van der Waals surface area contributed by atoms with E-state index in [4.69, 9.17) is 9.47 Å². The summed E-state index contributed by atoms with van der Waals surface area (Å²) in [6, 6.07) is 8.41. The molecule has 0 saturated carbocycles. The third-order valence-electron chi connectivity index (χ3n) is 3.30. The van der Waals surface area contributed by atoms with Gasteiger partial charge in [-0.1, -0.05) is 6.07 Å². The van der Waals surface area contributed by atoms with E-state index >= 15 is 0 Å². The Balaban J connectivity index is 1.69. The van der Waals surface area contributed by atoms with Gasteiger partial charge in [0.05, 0.1) is 5.56 Å². The number of aromatic nitrogens is 2. The van der Waals surface area contributed by atoms with Crippen LogP contribution in [0, 0.1) is 0 Å². The van der Waals surface area contributed by atoms with Crippen LogP contribution in [-0.2, 0) is 0 Å². The number of fused-ring (bicyclic) bond motifs is 1. The minimum absolute atomic E-state index is 0.0854. The molecule has 1 aliphatic heterocycles. The van der Waals surface area contributed by atoms with Crippen LogP contribution in [0.15, 0.2) is 36.5 Å². The Morgan fingerprint density at radius 3 is 2.64 bits per heavy atom. The summed E-state index contributed by atoms with van der Waals surface area (Å²) >= 11 is 0. The van der Waals surface area contributed by atoms with Crippen molar-refractivity contribution in [2.75, 3.05) is 13.2 Å². The molecule has 0 aliphatic carbocycles. The molecule has 0 fully saturated rings. The first kappa shape index (κ1) is 14.2. The SMILES string of the molecule is O=C(CCC(=O)c1cccc2c1OCCO2)c1cccnn1. The highest BCUT2D eigenvalue weighted by molar-refractivity contribution is 6.03. The fraction of sp³-hybridized carbons (Fsp3) is 0.250. The lowest BCUT2D eigenvalue weighted by Crippen LogP contribution is -2.18. The first-order chi connectivity index (χ1) is 10.8. The Morgan fingerprint density at radius 2 is 1.82 bits per heavy atom. The lowest BCUT2D eigenvalue weighted by atomic mass is 10.0. The fourth-order valence-corrected chi connectivity index (χ4v) is 2.23. The molecule has 2 heterocycles. The van der Waals surface area contributed by atoms with Crippen molar-refractivity contribution in [2.45, 2.75) is 12.8 Å². The highest BCUT2D eigenvalue weighted by atomic mass is 16.6. The number of rotatable bonds is 5. The molecule has 0 unspecified atom stereocenters. The Kier molecular flexibility index (Phi) is 4.09. The first-order valence-electron chi connectivity index (χ1n) is 6.98. The van der Waals surface area contributed by atoms with Crippen molar-refractivity contribution in [1.82, 2.24) is 10.2 Å². The van der Waals surface area contributed by atoms with E-state index < -0.39 is 0 Å². The zero-order valence-corrected chi connectivity index (χ0v) is 11.8. The Bertz CT molecular complexity index is 701. The molecule has 0 bridgehead atoms. The average molecular weight is 298 g/mol. The van der Waals surface area contributed by atoms with Gasteiger partial charge in [-0.2, -0.15) is 5.10 Å². The van der Waals surface area contributed by atoms with Gasteiger partial charge in [-0.15, -0.1) is 5.10 Å². The number of ketones is 2. The van der Waals surface area contributed by atoms with Crippen LogP contribution >= 0.6 is 0 Å². The van der Waals surface area contributed by atoms with E-state index in [0.717, 1.165) is 0 Å². The Morgan fingerprint density at radius 1 is 1.00 bits per heavy atom. The van der Waals surface area contributed by atoms with Crippen LogP contribution in [0.2, 0.25) is 0 Å².